The first-order valence-corrected chi connectivity index (χ1v) is 11.7. The topological polar surface area (TPSA) is 57.3 Å². The number of hydrogen-bond donors (Lipinski definition) is 0. The zero-order valence-electron chi connectivity index (χ0n) is 15.7. The van der Waals surface area contributed by atoms with E-state index >= 15 is 0 Å². The molecule has 25 heavy (non-hydrogen) atoms. The van der Waals surface area contributed by atoms with E-state index in [1.165, 1.54) is 0 Å². The van der Waals surface area contributed by atoms with Crippen molar-refractivity contribution < 1.29 is 23.4 Å². The van der Waals surface area contributed by atoms with Gasteiger partial charge in [0.05, 0.1) is 13.2 Å². The molecule has 2 aliphatic rings. The van der Waals surface area contributed by atoms with Crippen molar-refractivity contribution in [3.8, 4) is 0 Å². The van der Waals surface area contributed by atoms with Gasteiger partial charge in [0.25, 0.3) is 0 Å². The molecule has 2 saturated heterocycles. The zero-order valence-corrected chi connectivity index (χ0v) is 16.7. The molecule has 6 heteroatoms. The first kappa shape index (κ1) is 18.7. The first-order chi connectivity index (χ1) is 11.7. The van der Waals surface area contributed by atoms with Gasteiger partial charge in [-0.3, -0.25) is 4.79 Å². The minimum atomic E-state index is -1.93. The molecule has 1 aromatic rings. The summed E-state index contributed by atoms with van der Waals surface area (Å²) < 4.78 is 23.4. The molecule has 0 aromatic heterocycles. The van der Waals surface area contributed by atoms with Crippen LogP contribution in [0.5, 0.6) is 0 Å². The fourth-order valence-corrected chi connectivity index (χ4v) is 3.56. The third-order valence-corrected chi connectivity index (χ3v) is 9.85. The normalized spacial score (nSPS) is 29.4. The number of epoxide rings is 1. The van der Waals surface area contributed by atoms with Gasteiger partial charge in [0.15, 0.2) is 26.5 Å². The summed E-state index contributed by atoms with van der Waals surface area (Å²) in [6.07, 6.45) is -1.81. The molecule has 2 fully saturated rings. The standard InChI is InChI=1S/C19H28O5Si/c1-19(2,3)25(4,5)22-12-14-15(20)16-17(24-16)18(23-14)21-11-13-9-7-6-8-10-13/h6-10,14,16-18H,11-12H2,1-5H3/t14-,16+,17+,18+/m0/s1. The minimum absolute atomic E-state index is 0.0247. The van der Waals surface area contributed by atoms with Crippen LogP contribution >= 0.6 is 0 Å². The summed E-state index contributed by atoms with van der Waals surface area (Å²) in [6, 6.07) is 9.90. The van der Waals surface area contributed by atoms with Crippen molar-refractivity contribution in [2.24, 2.45) is 0 Å². The van der Waals surface area contributed by atoms with Crippen LogP contribution in [-0.2, 0) is 30.0 Å². The van der Waals surface area contributed by atoms with Gasteiger partial charge in [-0.2, -0.15) is 0 Å². The fourth-order valence-electron chi connectivity index (χ4n) is 2.56. The molecule has 138 valence electrons. The molecule has 0 aliphatic carbocycles. The highest BCUT2D eigenvalue weighted by atomic mass is 28.4. The van der Waals surface area contributed by atoms with Crippen molar-refractivity contribution in [1.29, 1.82) is 0 Å². The lowest BCUT2D eigenvalue weighted by Crippen LogP contribution is -2.49. The van der Waals surface area contributed by atoms with Gasteiger partial charge in [0, 0.05) is 0 Å². The average Bonchev–Trinajstić information content (AvgIpc) is 3.34. The Labute approximate surface area is 150 Å². The summed E-state index contributed by atoms with van der Waals surface area (Å²) in [6.45, 7) is 11.6. The van der Waals surface area contributed by atoms with Crippen molar-refractivity contribution >= 4 is 14.1 Å². The molecule has 3 rings (SSSR count). The van der Waals surface area contributed by atoms with Crippen molar-refractivity contribution in [2.45, 2.75) is 70.1 Å². The van der Waals surface area contributed by atoms with E-state index in [-0.39, 0.29) is 23.5 Å². The van der Waals surface area contributed by atoms with Gasteiger partial charge in [0.2, 0.25) is 0 Å². The molecule has 0 amide bonds. The van der Waals surface area contributed by atoms with Crippen LogP contribution in [0.25, 0.3) is 0 Å². The van der Waals surface area contributed by atoms with E-state index in [9.17, 15) is 4.79 Å². The maximum atomic E-state index is 12.4. The Bertz CT molecular complexity index is 610. The van der Waals surface area contributed by atoms with E-state index in [2.05, 4.69) is 33.9 Å². The molecule has 2 aliphatic heterocycles. The minimum Gasteiger partial charge on any atom is -0.414 e. The van der Waals surface area contributed by atoms with E-state index in [0.717, 1.165) is 5.56 Å². The van der Waals surface area contributed by atoms with E-state index in [0.29, 0.717) is 6.61 Å². The molecule has 2 heterocycles. The lowest BCUT2D eigenvalue weighted by molar-refractivity contribution is -0.199. The third kappa shape index (κ3) is 4.20. The molecule has 0 saturated carbocycles. The molecular formula is C19H28O5Si. The Morgan fingerprint density at radius 2 is 1.80 bits per heavy atom. The van der Waals surface area contributed by atoms with Crippen LogP contribution in [0, 0.1) is 0 Å². The first-order valence-electron chi connectivity index (χ1n) is 8.83. The molecular weight excluding hydrogens is 336 g/mol. The number of benzene rings is 1. The highest BCUT2D eigenvalue weighted by molar-refractivity contribution is 6.74. The van der Waals surface area contributed by atoms with Crippen molar-refractivity contribution in [3.63, 3.8) is 0 Å². The number of ether oxygens (including phenoxy) is 3. The van der Waals surface area contributed by atoms with Gasteiger partial charge >= 0.3 is 0 Å². The van der Waals surface area contributed by atoms with Gasteiger partial charge in [0.1, 0.15) is 12.2 Å². The Balaban J connectivity index is 1.57. The fraction of sp³-hybridized carbons (Fsp3) is 0.632. The van der Waals surface area contributed by atoms with Crippen LogP contribution in [0.1, 0.15) is 26.3 Å². The second-order valence-corrected chi connectivity index (χ2v) is 13.1. The second-order valence-electron chi connectivity index (χ2n) is 8.28. The van der Waals surface area contributed by atoms with E-state index < -0.39 is 26.8 Å². The Morgan fingerprint density at radius 3 is 2.44 bits per heavy atom. The van der Waals surface area contributed by atoms with Gasteiger partial charge in [-0.25, -0.2) is 0 Å². The maximum Gasteiger partial charge on any atom is 0.195 e. The Hall–Kier alpha value is -1.05. The number of hydrogen-bond acceptors (Lipinski definition) is 5. The van der Waals surface area contributed by atoms with E-state index in [1.54, 1.807) is 0 Å². The van der Waals surface area contributed by atoms with Crippen molar-refractivity contribution in [2.75, 3.05) is 6.61 Å². The van der Waals surface area contributed by atoms with Gasteiger partial charge < -0.3 is 18.6 Å². The summed E-state index contributed by atoms with van der Waals surface area (Å²) in [5, 5.41) is 0.0898. The van der Waals surface area contributed by atoms with Crippen LogP contribution in [0.4, 0.5) is 0 Å². The number of carbonyl (C=O) groups excluding carboxylic acids is 1. The monoisotopic (exact) mass is 364 g/mol. The molecule has 1 aromatic carbocycles. The van der Waals surface area contributed by atoms with Crippen LogP contribution < -0.4 is 0 Å². The average molecular weight is 365 g/mol. The Morgan fingerprint density at radius 1 is 1.12 bits per heavy atom. The lowest BCUT2D eigenvalue weighted by atomic mass is 10.1. The predicted molar refractivity (Wildman–Crippen MR) is 96.7 cm³/mol. The third-order valence-electron chi connectivity index (χ3n) is 5.35. The highest BCUT2D eigenvalue weighted by Crippen LogP contribution is 2.39. The second kappa shape index (κ2) is 6.93. The van der Waals surface area contributed by atoms with Crippen LogP contribution in [-0.4, -0.2) is 45.3 Å². The van der Waals surface area contributed by atoms with Crippen LogP contribution in [0.2, 0.25) is 18.1 Å². The summed E-state index contributed by atoms with van der Waals surface area (Å²) in [5.74, 6) is -0.0247. The van der Waals surface area contributed by atoms with E-state index in [1.807, 2.05) is 30.3 Å². The molecule has 4 atom stereocenters. The summed E-state index contributed by atoms with van der Waals surface area (Å²) >= 11 is 0. The predicted octanol–water partition coefficient (Wildman–Crippen LogP) is 3.29. The molecule has 0 spiro atoms. The van der Waals surface area contributed by atoms with E-state index in [4.69, 9.17) is 18.6 Å². The highest BCUT2D eigenvalue weighted by Gasteiger charge is 2.58. The van der Waals surface area contributed by atoms with Crippen LogP contribution in [0.15, 0.2) is 30.3 Å². The molecule has 0 N–H and O–H groups in total. The van der Waals surface area contributed by atoms with Gasteiger partial charge in [-0.05, 0) is 23.7 Å². The zero-order chi connectivity index (χ0) is 18.2. The Kier molecular flexibility index (Phi) is 5.19. The van der Waals surface area contributed by atoms with Crippen LogP contribution in [0.3, 0.4) is 0 Å². The lowest BCUT2D eigenvalue weighted by Gasteiger charge is -2.37. The molecule has 5 nitrogen and oxygen atoms in total. The molecule has 0 bridgehead atoms. The van der Waals surface area contributed by atoms with Crippen molar-refractivity contribution in [3.05, 3.63) is 35.9 Å². The van der Waals surface area contributed by atoms with Gasteiger partial charge in [-0.15, -0.1) is 0 Å². The number of Topliss-reactive ketones (excluding diaryl/α,β-unsaturated/α-hetero) is 1. The summed E-state index contributed by atoms with van der Waals surface area (Å²) in [7, 11) is -1.93. The van der Waals surface area contributed by atoms with Gasteiger partial charge in [-0.1, -0.05) is 51.1 Å². The quantitative estimate of drug-likeness (QED) is 0.573. The smallest absolute Gasteiger partial charge is 0.195 e. The molecule has 0 unspecified atom stereocenters. The molecule has 0 radical (unpaired) electrons. The number of rotatable bonds is 6. The van der Waals surface area contributed by atoms with Crippen molar-refractivity contribution in [1.82, 2.24) is 0 Å². The number of carbonyl (C=O) groups is 1. The maximum absolute atomic E-state index is 12.4. The summed E-state index contributed by atoms with van der Waals surface area (Å²) in [5.41, 5.74) is 1.06. The number of fused-ring (bicyclic) bond motifs is 1. The largest absolute Gasteiger partial charge is 0.414 e. The summed E-state index contributed by atoms with van der Waals surface area (Å²) in [4.78, 5) is 12.4. The SMILES string of the molecule is CC(C)(C)[Si](C)(C)OC[C@@H]1O[C@@H](OCc2ccccc2)[C@@H]2O[C@@H]2C1=O. The number of ketones is 1.